The highest BCUT2D eigenvalue weighted by atomic mass is 32.1. The molecule has 0 radical (unpaired) electrons. The van der Waals surface area contributed by atoms with Gasteiger partial charge in [-0.3, -0.25) is 14.5 Å². The van der Waals surface area contributed by atoms with Crippen LogP contribution in [0, 0.1) is 5.82 Å². The van der Waals surface area contributed by atoms with E-state index < -0.39 is 29.3 Å². The number of thiazole rings is 1. The van der Waals surface area contributed by atoms with Crippen LogP contribution < -0.4 is 14.4 Å². The van der Waals surface area contributed by atoms with Crippen LogP contribution in [0.5, 0.6) is 11.5 Å². The summed E-state index contributed by atoms with van der Waals surface area (Å²) in [6.07, 6.45) is 1.53. The molecule has 4 aromatic rings. The molecule has 7 nitrogen and oxygen atoms in total. The largest absolute Gasteiger partial charge is 0.507 e. The van der Waals surface area contributed by atoms with Crippen LogP contribution in [-0.4, -0.2) is 28.4 Å². The molecule has 1 aromatic heterocycles. The SMILES string of the molecule is CCOc1cc(C2/C(=C(\O)c3ccc(F)cc3)C(=O)C(=O)N2c2nccs2)ccc1OCc1ccccc1. The Morgan fingerprint density at radius 1 is 1.03 bits per heavy atom. The van der Waals surface area contributed by atoms with Gasteiger partial charge in [-0.1, -0.05) is 36.4 Å². The summed E-state index contributed by atoms with van der Waals surface area (Å²) in [7, 11) is 0. The Labute approximate surface area is 222 Å². The van der Waals surface area contributed by atoms with Crippen LogP contribution >= 0.6 is 11.3 Å². The summed E-state index contributed by atoms with van der Waals surface area (Å²) in [5.41, 5.74) is 1.58. The summed E-state index contributed by atoms with van der Waals surface area (Å²) >= 11 is 1.19. The van der Waals surface area contributed by atoms with E-state index in [1.54, 1.807) is 23.6 Å². The summed E-state index contributed by atoms with van der Waals surface area (Å²) < 4.78 is 25.4. The number of hydrogen-bond acceptors (Lipinski definition) is 7. The normalized spacial score (nSPS) is 16.6. The molecule has 1 aliphatic heterocycles. The maximum Gasteiger partial charge on any atom is 0.301 e. The molecule has 0 bridgehead atoms. The average Bonchev–Trinajstić information content (AvgIpc) is 3.55. The summed E-state index contributed by atoms with van der Waals surface area (Å²) in [6.45, 7) is 2.51. The first-order valence-electron chi connectivity index (χ1n) is 11.9. The van der Waals surface area contributed by atoms with Crippen molar-refractivity contribution in [3.63, 3.8) is 0 Å². The third kappa shape index (κ3) is 4.88. The van der Waals surface area contributed by atoms with E-state index in [4.69, 9.17) is 9.47 Å². The first-order chi connectivity index (χ1) is 18.5. The fraction of sp³-hybridized carbons (Fsp3) is 0.138. The zero-order valence-corrected chi connectivity index (χ0v) is 21.2. The highest BCUT2D eigenvalue weighted by Gasteiger charge is 2.48. The fourth-order valence-electron chi connectivity index (χ4n) is 4.26. The topological polar surface area (TPSA) is 89.0 Å². The second-order valence-electron chi connectivity index (χ2n) is 8.40. The monoisotopic (exact) mass is 530 g/mol. The molecule has 5 rings (SSSR count). The predicted molar refractivity (Wildman–Crippen MR) is 142 cm³/mol. The molecule has 1 saturated heterocycles. The molecule has 0 saturated carbocycles. The van der Waals surface area contributed by atoms with E-state index in [9.17, 15) is 19.1 Å². The Morgan fingerprint density at radius 2 is 1.79 bits per heavy atom. The number of nitrogens with zero attached hydrogens (tertiary/aromatic N) is 2. The van der Waals surface area contributed by atoms with Crippen molar-refractivity contribution >= 4 is 33.9 Å². The minimum atomic E-state index is -0.992. The highest BCUT2D eigenvalue weighted by Crippen LogP contribution is 2.44. The standard InChI is InChI=1S/C29H23FN2O5S/c1-2-36-23-16-20(10-13-22(23)37-17-18-6-4-3-5-7-18)25-24(26(33)19-8-11-21(30)12-9-19)27(34)28(35)32(25)29-31-14-15-38-29/h3-16,25,33H,2,17H2,1H3/b26-24+. The molecule has 2 heterocycles. The predicted octanol–water partition coefficient (Wildman–Crippen LogP) is 5.89. The number of rotatable bonds is 8. The number of halogens is 1. The average molecular weight is 531 g/mol. The van der Waals surface area contributed by atoms with Crippen molar-refractivity contribution in [2.45, 2.75) is 19.6 Å². The van der Waals surface area contributed by atoms with E-state index >= 15 is 0 Å². The van der Waals surface area contributed by atoms with E-state index in [-0.39, 0.29) is 11.1 Å². The van der Waals surface area contributed by atoms with Crippen LogP contribution in [0.3, 0.4) is 0 Å². The minimum Gasteiger partial charge on any atom is -0.507 e. The first-order valence-corrected chi connectivity index (χ1v) is 12.8. The maximum absolute atomic E-state index is 13.5. The Kier molecular flexibility index (Phi) is 7.19. The summed E-state index contributed by atoms with van der Waals surface area (Å²) in [4.78, 5) is 32.0. The zero-order chi connectivity index (χ0) is 26.6. The van der Waals surface area contributed by atoms with Gasteiger partial charge in [-0.05, 0) is 54.4 Å². The van der Waals surface area contributed by atoms with Gasteiger partial charge in [-0.2, -0.15) is 0 Å². The van der Waals surface area contributed by atoms with E-state index in [0.717, 1.165) is 5.56 Å². The molecular formula is C29H23FN2O5S. The molecule has 1 fully saturated rings. The lowest BCUT2D eigenvalue weighted by molar-refractivity contribution is -0.132. The van der Waals surface area contributed by atoms with Crippen molar-refractivity contribution in [2.75, 3.05) is 11.5 Å². The van der Waals surface area contributed by atoms with Crippen molar-refractivity contribution in [2.24, 2.45) is 0 Å². The molecule has 1 aliphatic rings. The number of aliphatic hydroxyl groups is 1. The van der Waals surface area contributed by atoms with Crippen LogP contribution in [0.4, 0.5) is 9.52 Å². The third-order valence-electron chi connectivity index (χ3n) is 6.01. The minimum absolute atomic E-state index is 0.128. The smallest absolute Gasteiger partial charge is 0.301 e. The molecule has 1 N–H and O–H groups in total. The number of ether oxygens (including phenoxy) is 2. The van der Waals surface area contributed by atoms with E-state index in [0.29, 0.717) is 35.4 Å². The van der Waals surface area contributed by atoms with Gasteiger partial charge < -0.3 is 14.6 Å². The fourth-order valence-corrected chi connectivity index (χ4v) is 4.93. The molecule has 192 valence electrons. The second-order valence-corrected chi connectivity index (χ2v) is 9.28. The van der Waals surface area contributed by atoms with Gasteiger partial charge in [-0.25, -0.2) is 9.37 Å². The van der Waals surface area contributed by atoms with Crippen molar-refractivity contribution in [1.82, 2.24) is 4.98 Å². The molecule has 0 spiro atoms. The van der Waals surface area contributed by atoms with Gasteiger partial charge in [0.1, 0.15) is 18.2 Å². The molecule has 9 heteroatoms. The number of aliphatic hydroxyl groups excluding tert-OH is 1. The molecule has 3 aromatic carbocycles. The van der Waals surface area contributed by atoms with Crippen LogP contribution in [0.25, 0.3) is 5.76 Å². The molecule has 1 unspecified atom stereocenters. The summed E-state index contributed by atoms with van der Waals surface area (Å²) in [5.74, 6) is -1.68. The number of carbonyl (C=O) groups is 2. The van der Waals surface area contributed by atoms with Gasteiger partial charge >= 0.3 is 5.91 Å². The number of Topliss-reactive ketones (excluding diaryl/α,β-unsaturated/α-hetero) is 1. The number of carbonyl (C=O) groups excluding carboxylic acids is 2. The molecular weight excluding hydrogens is 507 g/mol. The quantitative estimate of drug-likeness (QED) is 0.174. The van der Waals surface area contributed by atoms with Crippen LogP contribution in [0.1, 0.15) is 29.7 Å². The highest BCUT2D eigenvalue weighted by molar-refractivity contribution is 7.14. The van der Waals surface area contributed by atoms with E-state index in [1.165, 1.54) is 46.7 Å². The van der Waals surface area contributed by atoms with E-state index in [2.05, 4.69) is 4.98 Å². The third-order valence-corrected chi connectivity index (χ3v) is 6.78. The first kappa shape index (κ1) is 25.2. The van der Waals surface area contributed by atoms with Gasteiger partial charge in [-0.15, -0.1) is 11.3 Å². The number of hydrogen-bond donors (Lipinski definition) is 1. The Balaban J connectivity index is 1.60. The van der Waals surface area contributed by atoms with Gasteiger partial charge in [0.2, 0.25) is 0 Å². The molecule has 0 aliphatic carbocycles. The maximum atomic E-state index is 13.5. The second kappa shape index (κ2) is 10.9. The van der Waals surface area contributed by atoms with Crippen molar-refractivity contribution in [3.05, 3.63) is 112 Å². The van der Waals surface area contributed by atoms with Crippen molar-refractivity contribution < 1.29 is 28.6 Å². The number of amides is 1. The molecule has 1 atom stereocenters. The lowest BCUT2D eigenvalue weighted by Gasteiger charge is -2.24. The van der Waals surface area contributed by atoms with E-state index in [1.807, 2.05) is 37.3 Å². The Morgan fingerprint density at radius 3 is 2.47 bits per heavy atom. The Hall–Kier alpha value is -4.50. The van der Waals surface area contributed by atoms with Crippen molar-refractivity contribution in [1.29, 1.82) is 0 Å². The van der Waals surface area contributed by atoms with Gasteiger partial charge in [0, 0.05) is 17.1 Å². The van der Waals surface area contributed by atoms with Gasteiger partial charge in [0.05, 0.1) is 18.2 Å². The van der Waals surface area contributed by atoms with Gasteiger partial charge in [0.15, 0.2) is 16.6 Å². The summed E-state index contributed by atoms with van der Waals surface area (Å²) in [6, 6.07) is 18.9. The number of ketones is 1. The lowest BCUT2D eigenvalue weighted by Crippen LogP contribution is -2.29. The zero-order valence-electron chi connectivity index (χ0n) is 20.3. The molecule has 38 heavy (non-hydrogen) atoms. The lowest BCUT2D eigenvalue weighted by atomic mass is 9.95. The Bertz CT molecular complexity index is 1490. The number of aromatic nitrogens is 1. The van der Waals surface area contributed by atoms with Gasteiger partial charge in [0.25, 0.3) is 5.78 Å². The van der Waals surface area contributed by atoms with Crippen LogP contribution in [0.15, 0.2) is 89.9 Å². The van der Waals surface area contributed by atoms with Crippen LogP contribution in [0.2, 0.25) is 0 Å². The summed E-state index contributed by atoms with van der Waals surface area (Å²) in [5, 5.41) is 13.2. The van der Waals surface area contributed by atoms with Crippen molar-refractivity contribution in [3.8, 4) is 11.5 Å². The number of anilines is 1. The number of benzene rings is 3. The van der Waals surface area contributed by atoms with Crippen LogP contribution in [-0.2, 0) is 16.2 Å². The molecule has 1 amide bonds.